The third-order valence-electron chi connectivity index (χ3n) is 4.65. The van der Waals surface area contributed by atoms with Crippen molar-refractivity contribution < 1.29 is 0 Å². The molecule has 16 heavy (non-hydrogen) atoms. The fourth-order valence-electron chi connectivity index (χ4n) is 3.62. The fraction of sp³-hybridized carbons (Fsp3) is 1.00. The Morgan fingerprint density at radius 1 is 1.00 bits per heavy atom. The van der Waals surface area contributed by atoms with Crippen LogP contribution in [0.2, 0.25) is 0 Å². The van der Waals surface area contributed by atoms with Gasteiger partial charge in [0.05, 0.1) is 0 Å². The first-order valence-corrected chi connectivity index (χ1v) is 7.13. The summed E-state index contributed by atoms with van der Waals surface area (Å²) in [7, 11) is 0. The molecule has 1 saturated heterocycles. The largest absolute Gasteiger partial charge is 0.326 e. The van der Waals surface area contributed by atoms with Crippen LogP contribution >= 0.6 is 0 Å². The summed E-state index contributed by atoms with van der Waals surface area (Å²) in [5.41, 5.74) is 6.80. The number of hydrogen-bond acceptors (Lipinski definition) is 2. The van der Waals surface area contributed by atoms with Gasteiger partial charge in [0, 0.05) is 17.6 Å². The minimum Gasteiger partial charge on any atom is -0.326 e. The minimum atomic E-state index is 0.390. The summed E-state index contributed by atoms with van der Waals surface area (Å²) in [5, 5.41) is 0. The van der Waals surface area contributed by atoms with Crippen molar-refractivity contribution in [3.8, 4) is 0 Å². The predicted molar refractivity (Wildman–Crippen MR) is 69.5 cm³/mol. The van der Waals surface area contributed by atoms with Gasteiger partial charge >= 0.3 is 0 Å². The summed E-state index contributed by atoms with van der Waals surface area (Å²) in [6, 6.07) is 1.07. The lowest BCUT2D eigenvalue weighted by atomic mass is 9.89. The molecule has 0 spiro atoms. The van der Waals surface area contributed by atoms with Crippen molar-refractivity contribution in [1.29, 1.82) is 0 Å². The molecule has 2 aliphatic rings. The molecule has 1 aliphatic heterocycles. The van der Waals surface area contributed by atoms with E-state index in [0.29, 0.717) is 17.6 Å². The molecule has 0 aromatic rings. The highest BCUT2D eigenvalue weighted by atomic mass is 15.2. The molecule has 0 bridgehead atoms. The Balaban J connectivity index is 2.04. The first kappa shape index (κ1) is 12.4. The van der Waals surface area contributed by atoms with Gasteiger partial charge in [-0.25, -0.2) is 0 Å². The van der Waals surface area contributed by atoms with E-state index in [4.69, 9.17) is 5.73 Å². The molecule has 0 aromatic heterocycles. The highest BCUT2D eigenvalue weighted by molar-refractivity contribution is 4.95. The van der Waals surface area contributed by atoms with Crippen molar-refractivity contribution in [2.75, 3.05) is 6.54 Å². The van der Waals surface area contributed by atoms with E-state index >= 15 is 0 Å². The normalized spacial score (nSPS) is 36.9. The second kappa shape index (κ2) is 5.05. The van der Waals surface area contributed by atoms with E-state index in [1.54, 1.807) is 0 Å². The molecule has 2 fully saturated rings. The number of nitrogens with zero attached hydrogens (tertiary/aromatic N) is 1. The van der Waals surface area contributed by atoms with Gasteiger partial charge in [-0.05, 0) is 46.1 Å². The Bertz CT molecular complexity index is 225. The third kappa shape index (κ3) is 2.60. The Labute approximate surface area is 101 Å². The van der Waals surface area contributed by atoms with Gasteiger partial charge in [-0.2, -0.15) is 0 Å². The van der Waals surface area contributed by atoms with Crippen molar-refractivity contribution in [3.63, 3.8) is 0 Å². The average Bonchev–Trinajstić information content (AvgIpc) is 2.53. The minimum absolute atomic E-state index is 0.390. The molecular weight excluding hydrogens is 196 g/mol. The molecule has 2 unspecified atom stereocenters. The monoisotopic (exact) mass is 224 g/mol. The summed E-state index contributed by atoms with van der Waals surface area (Å²) < 4.78 is 0. The molecule has 0 radical (unpaired) electrons. The topological polar surface area (TPSA) is 29.3 Å². The molecule has 2 nitrogen and oxygen atoms in total. The van der Waals surface area contributed by atoms with Crippen LogP contribution < -0.4 is 5.73 Å². The van der Waals surface area contributed by atoms with Gasteiger partial charge in [-0.1, -0.05) is 25.7 Å². The van der Waals surface area contributed by atoms with E-state index in [0.717, 1.165) is 0 Å². The van der Waals surface area contributed by atoms with E-state index in [1.807, 2.05) is 0 Å². The zero-order valence-corrected chi connectivity index (χ0v) is 11.0. The SMILES string of the molecule is CC1(C)CCCN1C1CCCCCCC1N. The van der Waals surface area contributed by atoms with Crippen molar-refractivity contribution in [2.45, 2.75) is 82.8 Å². The van der Waals surface area contributed by atoms with Gasteiger partial charge in [-0.15, -0.1) is 0 Å². The first-order chi connectivity index (χ1) is 7.61. The highest BCUT2D eigenvalue weighted by Crippen LogP contribution is 2.34. The van der Waals surface area contributed by atoms with Crippen molar-refractivity contribution in [3.05, 3.63) is 0 Å². The molecule has 94 valence electrons. The maximum Gasteiger partial charge on any atom is 0.0252 e. The molecule has 2 atom stereocenters. The molecule has 2 rings (SSSR count). The Morgan fingerprint density at radius 3 is 2.31 bits per heavy atom. The zero-order chi connectivity index (χ0) is 11.6. The van der Waals surface area contributed by atoms with Crippen LogP contribution in [0.3, 0.4) is 0 Å². The quantitative estimate of drug-likeness (QED) is 0.742. The predicted octanol–water partition coefficient (Wildman–Crippen LogP) is 2.91. The number of rotatable bonds is 1. The first-order valence-electron chi connectivity index (χ1n) is 7.13. The van der Waals surface area contributed by atoms with Crippen molar-refractivity contribution in [2.24, 2.45) is 5.73 Å². The molecule has 1 heterocycles. The molecule has 1 saturated carbocycles. The molecular formula is C14H28N2. The zero-order valence-electron chi connectivity index (χ0n) is 11.0. The van der Waals surface area contributed by atoms with Crippen LogP contribution in [-0.2, 0) is 0 Å². The molecule has 1 aliphatic carbocycles. The van der Waals surface area contributed by atoms with Crippen LogP contribution in [0.25, 0.3) is 0 Å². The summed E-state index contributed by atoms with van der Waals surface area (Å²) in [6.45, 7) is 6.06. The van der Waals surface area contributed by atoms with Crippen LogP contribution in [-0.4, -0.2) is 29.1 Å². The van der Waals surface area contributed by atoms with Crippen LogP contribution in [0.4, 0.5) is 0 Å². The highest BCUT2D eigenvalue weighted by Gasteiger charge is 2.38. The van der Waals surface area contributed by atoms with Crippen molar-refractivity contribution in [1.82, 2.24) is 4.90 Å². The van der Waals surface area contributed by atoms with Crippen molar-refractivity contribution >= 4 is 0 Å². The van der Waals surface area contributed by atoms with Crippen LogP contribution in [0.1, 0.15) is 65.2 Å². The lowest BCUT2D eigenvalue weighted by molar-refractivity contribution is 0.0842. The summed E-state index contributed by atoms with van der Waals surface area (Å²) in [5.74, 6) is 0. The van der Waals surface area contributed by atoms with E-state index < -0.39 is 0 Å². The van der Waals surface area contributed by atoms with Gasteiger partial charge in [-0.3, -0.25) is 4.90 Å². The van der Waals surface area contributed by atoms with E-state index in [-0.39, 0.29) is 0 Å². The standard InChI is InChI=1S/C14H28N2/c1-14(2)10-7-11-16(14)13-9-6-4-3-5-8-12(13)15/h12-13H,3-11,15H2,1-2H3. The van der Waals surface area contributed by atoms with Gasteiger partial charge in [0.15, 0.2) is 0 Å². The number of nitrogens with two attached hydrogens (primary N) is 1. The lowest BCUT2D eigenvalue weighted by Crippen LogP contribution is -2.53. The summed E-state index contributed by atoms with van der Waals surface area (Å²) >= 11 is 0. The van der Waals surface area contributed by atoms with E-state index in [1.165, 1.54) is 57.9 Å². The lowest BCUT2D eigenvalue weighted by Gasteiger charge is -2.42. The maximum absolute atomic E-state index is 6.41. The van der Waals surface area contributed by atoms with Gasteiger partial charge in [0.25, 0.3) is 0 Å². The molecule has 0 aromatic carbocycles. The second-order valence-electron chi connectivity index (χ2n) is 6.33. The molecule has 0 amide bonds. The smallest absolute Gasteiger partial charge is 0.0252 e. The van der Waals surface area contributed by atoms with Gasteiger partial charge in [0.2, 0.25) is 0 Å². The maximum atomic E-state index is 6.41. The fourth-order valence-corrected chi connectivity index (χ4v) is 3.62. The van der Waals surface area contributed by atoms with Gasteiger partial charge in [0.1, 0.15) is 0 Å². The van der Waals surface area contributed by atoms with Crippen LogP contribution in [0.15, 0.2) is 0 Å². The molecule has 2 N–H and O–H groups in total. The van der Waals surface area contributed by atoms with Crippen LogP contribution in [0.5, 0.6) is 0 Å². The Hall–Kier alpha value is -0.0800. The summed E-state index contributed by atoms with van der Waals surface area (Å²) in [6.07, 6.45) is 10.8. The molecule has 2 heteroatoms. The third-order valence-corrected chi connectivity index (χ3v) is 4.65. The summed E-state index contributed by atoms with van der Waals surface area (Å²) in [4.78, 5) is 2.71. The Morgan fingerprint density at radius 2 is 1.69 bits per heavy atom. The number of hydrogen-bond donors (Lipinski definition) is 1. The number of likely N-dealkylation sites (tertiary alicyclic amines) is 1. The van der Waals surface area contributed by atoms with E-state index in [9.17, 15) is 0 Å². The van der Waals surface area contributed by atoms with E-state index in [2.05, 4.69) is 18.7 Å². The van der Waals surface area contributed by atoms with Crippen LogP contribution in [0, 0.1) is 0 Å². The Kier molecular flexibility index (Phi) is 3.91. The van der Waals surface area contributed by atoms with Gasteiger partial charge < -0.3 is 5.73 Å². The average molecular weight is 224 g/mol. The second-order valence-corrected chi connectivity index (χ2v) is 6.33.